The van der Waals surface area contributed by atoms with Crippen LogP contribution in [-0.2, 0) is 44.9 Å². The number of aliphatic hydroxyl groups excluding tert-OH is 8. The lowest BCUT2D eigenvalue weighted by Gasteiger charge is -2.28. The number of anilines is 8. The number of hydrogen-bond acceptors (Lipinski definition) is 24. The largest absolute Gasteiger partial charge is 0.397 e. The predicted octanol–water partition coefficient (Wildman–Crippen LogP) is 18.5. The summed E-state index contributed by atoms with van der Waals surface area (Å²) in [6, 6.07) is 62.3. The van der Waals surface area contributed by atoms with E-state index < -0.39 is 70.5 Å². The Morgan fingerprint density at radius 3 is 0.780 bits per heavy atom. The maximum Gasteiger partial charge on any atom is 0.225 e. The number of nitrogens with two attached hydrogens (primary N) is 4. The van der Waals surface area contributed by atoms with Gasteiger partial charge in [-0.1, -0.05) is 142 Å². The highest BCUT2D eigenvalue weighted by Crippen LogP contribution is 2.55. The Kier molecular flexibility index (Phi) is 33.4. The molecule has 12 aromatic heterocycles. The molecule has 20 rings (SSSR count). The van der Waals surface area contributed by atoms with Crippen LogP contribution in [0, 0.1) is 21.7 Å². The minimum Gasteiger partial charge on any atom is -0.397 e. The van der Waals surface area contributed by atoms with E-state index in [1.165, 1.54) is 0 Å². The molecule has 0 radical (unpaired) electrons. The number of nitrogen functional groups attached to an aromatic ring is 4. The molecule has 4 amide bonds. The van der Waals surface area contributed by atoms with Gasteiger partial charge in [0, 0.05) is 118 Å². The fourth-order valence-corrected chi connectivity index (χ4v) is 22.9. The van der Waals surface area contributed by atoms with E-state index in [9.17, 15) is 60.0 Å². The van der Waals surface area contributed by atoms with Crippen molar-refractivity contribution in [3.05, 3.63) is 264 Å². The number of rotatable bonds is 34. The number of benzene rings is 4. The van der Waals surface area contributed by atoms with Gasteiger partial charge in [-0.3, -0.25) is 19.2 Å². The standard InChI is InChI=1S/C31H39N5O3.C30H37N5O3.C29H35N5O3.C28H33N5O3/c1-3-4-5-6-7-28(37)35-27-13-10-21-9-8-20(18-24(21)34-27)14-16-31(2)19-22(29(38)30(31)39)25-11-12-26-23(32)15-17-33-36(25)26;1-3-4-5-6-27(36)34-26-12-9-20-8-7-19(17-23(20)33-26)13-15-30(2)18-21(28(37)29(30)38)24-10-11-25-22(31)14-16-32-35(24)25;1-3-4-5-26(35)33-25-11-8-19-7-6-18(16-22(19)32-25)12-14-29(2)17-20(27(36)28(29)37)23-9-10-24-21(30)13-15-31-34(23)24;1-3-4-25(34)32-24-10-7-18-6-5-17(15-21(18)31-24)11-13-28(2)16-19(26(35)27(28)36)22-8-9-23-20(29)12-14-30-33(22)23/h8-13,15,17-18,22,29-30,38-39H,3-7,14,16,19,32H2,1-2H3,(H,34,35,37);7-12,14,16-17,21,28-29,37-38H,3-6,13,15,18,31H2,1-2H3,(H,33,34,36);6-11,13,15-16,20,27-28,36-37H,3-5,12,14,17,30H2,1-2H3,(H,32,33,35);5-10,12,14-15,19,26-27,35-36H,3-4,11,13,16,29H2,1-2H3,(H,31,32,34)/t22-,29-,30-,31-;21-,28-,29-,30-;20-,27-,28-,29-;19-,26-,27-,28-/m0000/s1. The Morgan fingerprint density at radius 1 is 0.293 bits per heavy atom. The highest BCUT2D eigenvalue weighted by molar-refractivity contribution is 5.95. The van der Waals surface area contributed by atoms with Crippen molar-refractivity contribution < 1.29 is 60.0 Å². The highest BCUT2D eigenvalue weighted by Gasteiger charge is 2.55. The van der Waals surface area contributed by atoms with Crippen molar-refractivity contribution in [1.82, 2.24) is 58.4 Å². The quantitative estimate of drug-likeness (QED) is 0.0167. The van der Waals surface area contributed by atoms with Crippen molar-refractivity contribution in [1.29, 1.82) is 0 Å². The van der Waals surface area contributed by atoms with Gasteiger partial charge in [-0.15, -0.1) is 0 Å². The number of carbonyl (C=O) groups is 4. The van der Waals surface area contributed by atoms with Gasteiger partial charge < -0.3 is 85.1 Å². The molecule has 16 aromatic rings. The minimum absolute atomic E-state index is 0.000911. The van der Waals surface area contributed by atoms with Gasteiger partial charge >= 0.3 is 0 Å². The Balaban J connectivity index is 0.000000136. The van der Waals surface area contributed by atoms with E-state index in [2.05, 4.69) is 113 Å². The molecule has 4 aromatic carbocycles. The smallest absolute Gasteiger partial charge is 0.225 e. The van der Waals surface area contributed by atoms with Crippen LogP contribution in [0.2, 0.25) is 0 Å². The highest BCUT2D eigenvalue weighted by atomic mass is 16.3. The Labute approximate surface area is 873 Å². The average Bonchev–Trinajstić information content (AvgIpc) is 1.61. The van der Waals surface area contributed by atoms with Crippen LogP contribution in [0.25, 0.3) is 65.7 Å². The molecule has 0 saturated heterocycles. The minimum atomic E-state index is -0.886. The summed E-state index contributed by atoms with van der Waals surface area (Å²) in [7, 11) is 0. The molecule has 0 spiro atoms. The molecule has 0 aliphatic heterocycles. The van der Waals surface area contributed by atoms with Crippen LogP contribution in [0.1, 0.15) is 265 Å². The summed E-state index contributed by atoms with van der Waals surface area (Å²) in [5.74, 6) is 1.21. The van der Waals surface area contributed by atoms with Crippen molar-refractivity contribution in [2.45, 2.75) is 295 Å². The van der Waals surface area contributed by atoms with Gasteiger partial charge in [0.15, 0.2) is 0 Å². The number of fused-ring (bicyclic) bond motifs is 8. The van der Waals surface area contributed by atoms with E-state index >= 15 is 0 Å². The first kappa shape index (κ1) is 107. The Hall–Kier alpha value is -14.0. The number of unbranched alkanes of at least 4 members (excludes halogenated alkanes) is 6. The third kappa shape index (κ3) is 23.8. The Morgan fingerprint density at radius 2 is 0.527 bits per heavy atom. The maximum absolute atomic E-state index is 12.3. The van der Waals surface area contributed by atoms with E-state index in [0.29, 0.717) is 123 Å². The zero-order chi connectivity index (χ0) is 106. The number of nitrogens with one attached hydrogen (secondary N) is 4. The lowest BCUT2D eigenvalue weighted by atomic mass is 9.80. The lowest BCUT2D eigenvalue weighted by molar-refractivity contribution is -0.117. The molecule has 150 heavy (non-hydrogen) atoms. The molecular formula is C118H144N20O12. The van der Waals surface area contributed by atoms with Crippen LogP contribution < -0.4 is 44.2 Å². The van der Waals surface area contributed by atoms with E-state index in [-0.39, 0.29) is 47.3 Å². The summed E-state index contributed by atoms with van der Waals surface area (Å²) >= 11 is 0. The van der Waals surface area contributed by atoms with Crippen LogP contribution >= 0.6 is 0 Å². The van der Waals surface area contributed by atoms with Gasteiger partial charge in [0.05, 0.1) is 116 Å². The lowest BCUT2D eigenvalue weighted by Crippen LogP contribution is -2.34. The van der Waals surface area contributed by atoms with E-state index in [4.69, 9.17) is 22.9 Å². The van der Waals surface area contributed by atoms with Crippen LogP contribution in [0.5, 0.6) is 0 Å². The number of pyridine rings is 4. The molecule has 16 atom stereocenters. The van der Waals surface area contributed by atoms with Crippen LogP contribution in [0.15, 0.2) is 219 Å². The number of hydrogen-bond donors (Lipinski definition) is 16. The van der Waals surface area contributed by atoms with Gasteiger partial charge in [0.2, 0.25) is 23.6 Å². The zero-order valence-electron chi connectivity index (χ0n) is 87.0. The number of aliphatic hydroxyl groups is 8. The van der Waals surface area contributed by atoms with Gasteiger partial charge in [0.25, 0.3) is 0 Å². The van der Waals surface area contributed by atoms with E-state index in [0.717, 1.165) is 201 Å². The number of carbonyl (C=O) groups excluding carboxylic acids is 4. The summed E-state index contributed by atoms with van der Waals surface area (Å²) in [4.78, 5) is 67.2. The fourth-order valence-electron chi connectivity index (χ4n) is 22.9. The second kappa shape index (κ2) is 46.7. The second-order valence-electron chi connectivity index (χ2n) is 43.2. The molecule has 20 N–H and O–H groups in total. The summed E-state index contributed by atoms with van der Waals surface area (Å²) in [6.07, 6.45) is 19.8. The SMILES string of the molecule is CCCC(=O)Nc1ccc2ccc(CC[C@@]3(C)C[C@@H](c4ccc5c(N)ccnn45)[C@H](O)[C@@H]3O)cc2n1.CCCCC(=O)Nc1ccc2ccc(CC[C@@]3(C)C[C@@H](c4ccc5c(N)ccnn45)[C@H](O)[C@@H]3O)cc2n1.CCCCCC(=O)Nc1ccc2ccc(CC[C@@]3(C)C[C@@H](c4ccc5c(N)ccnn45)[C@H](O)[C@@H]3O)cc2n1.CCCCCCC(=O)Nc1ccc2ccc(CC[C@@]3(C)C[C@@H](c4ccc5c(N)ccnn45)[C@H](O)[C@@H]3O)cc2n1. The van der Waals surface area contributed by atoms with Crippen molar-refractivity contribution in [2.24, 2.45) is 21.7 Å². The molecule has 32 heteroatoms. The fraction of sp³-hybridized carbons (Fsp3) is 0.424. The average molecular weight is 2030 g/mol. The normalized spacial score (nSPS) is 23.5. The molecule has 12 heterocycles. The number of aryl methyl sites for hydroxylation is 4. The first-order valence-electron chi connectivity index (χ1n) is 53.3. The van der Waals surface area contributed by atoms with Gasteiger partial charge in [-0.25, -0.2) is 38.0 Å². The van der Waals surface area contributed by atoms with Gasteiger partial charge in [-0.2, -0.15) is 20.4 Å². The number of amides is 4. The van der Waals surface area contributed by atoms with Crippen LogP contribution in [0.3, 0.4) is 0 Å². The van der Waals surface area contributed by atoms with Crippen molar-refractivity contribution in [3.8, 4) is 0 Å². The van der Waals surface area contributed by atoms with E-state index in [1.54, 1.807) is 67.1 Å². The summed E-state index contributed by atoms with van der Waals surface area (Å²) in [6.45, 7) is 16.5. The molecule has 32 nitrogen and oxygen atoms in total. The van der Waals surface area contributed by atoms with Crippen molar-refractivity contribution in [3.63, 3.8) is 0 Å². The summed E-state index contributed by atoms with van der Waals surface area (Å²) < 4.78 is 7.10. The third-order valence-electron chi connectivity index (χ3n) is 32.1. The first-order valence-corrected chi connectivity index (χ1v) is 53.3. The molecule has 788 valence electrons. The summed E-state index contributed by atoms with van der Waals surface area (Å²) in [5.41, 5.74) is 39.4. The van der Waals surface area contributed by atoms with Crippen molar-refractivity contribution >= 4 is 135 Å². The first-order chi connectivity index (χ1) is 72.1. The topological polar surface area (TPSA) is 503 Å². The predicted molar refractivity (Wildman–Crippen MR) is 590 cm³/mol. The number of aromatic nitrogens is 12. The monoisotopic (exact) mass is 2030 g/mol. The van der Waals surface area contributed by atoms with Crippen molar-refractivity contribution in [2.75, 3.05) is 44.2 Å². The third-order valence-corrected chi connectivity index (χ3v) is 32.1. The molecule has 4 saturated carbocycles. The molecule has 4 aliphatic rings. The van der Waals surface area contributed by atoms with Gasteiger partial charge in [0.1, 0.15) is 23.3 Å². The maximum atomic E-state index is 12.3. The van der Waals surface area contributed by atoms with Crippen LogP contribution in [-0.4, -0.2) is 172 Å². The summed E-state index contributed by atoms with van der Waals surface area (Å²) in [5, 5.41) is 122. The second-order valence-corrected chi connectivity index (χ2v) is 43.2. The molecule has 4 aliphatic carbocycles. The van der Waals surface area contributed by atoms with Gasteiger partial charge in [-0.05, 0) is 292 Å². The molecule has 4 fully saturated rings. The van der Waals surface area contributed by atoms with Crippen LogP contribution in [0.4, 0.5) is 46.0 Å². The van der Waals surface area contributed by atoms with E-state index in [1.807, 2.05) is 174 Å². The Bertz CT molecular complexity index is 7510. The molecular weight excluding hydrogens is 1890 g/mol. The zero-order valence-corrected chi connectivity index (χ0v) is 87.0. The number of nitrogens with zero attached hydrogens (tertiary/aromatic N) is 12. The molecule has 0 unspecified atom stereocenters. The molecule has 0 bridgehead atoms.